The fraction of sp³-hybridized carbons (Fsp3) is 0.357. The molecule has 0 radical (unpaired) electrons. The van der Waals surface area contributed by atoms with E-state index in [1.807, 2.05) is 12.1 Å². The van der Waals surface area contributed by atoms with E-state index in [9.17, 15) is 4.79 Å². The first-order valence-electron chi connectivity index (χ1n) is 5.56. The molecule has 0 unspecified atom stereocenters. The van der Waals surface area contributed by atoms with Crippen LogP contribution in [0.25, 0.3) is 11.0 Å². The Morgan fingerprint density at radius 3 is 2.75 bits per heavy atom. The van der Waals surface area contributed by atoms with Crippen LogP contribution in [0.5, 0.6) is 0 Å². The van der Waals surface area contributed by atoms with Crippen LogP contribution in [-0.2, 0) is 11.2 Å². The Morgan fingerprint density at radius 2 is 2.06 bits per heavy atom. The summed E-state index contributed by atoms with van der Waals surface area (Å²) in [7, 11) is 0. The van der Waals surface area contributed by atoms with E-state index in [0.29, 0.717) is 12.8 Å². The largest absolute Gasteiger partial charge is 0.461 e. The van der Waals surface area contributed by atoms with E-state index in [1.165, 1.54) is 16.5 Å². The average Bonchev–Trinajstić information content (AvgIpc) is 2.53. The molecule has 0 aliphatic heterocycles. The molecule has 0 aliphatic carbocycles. The van der Waals surface area contributed by atoms with Gasteiger partial charge in [0.1, 0.15) is 17.1 Å². The van der Waals surface area contributed by atoms with Crippen molar-refractivity contribution in [3.63, 3.8) is 0 Å². The number of carbonyl (C=O) groups is 1. The SMILES string of the molecule is CC(=O)CCc1oc2ccc(C)cc2c1C. The fourth-order valence-electron chi connectivity index (χ4n) is 1.91. The van der Waals surface area contributed by atoms with Crippen molar-refractivity contribution >= 4 is 16.8 Å². The third-order valence-electron chi connectivity index (χ3n) is 2.89. The summed E-state index contributed by atoms with van der Waals surface area (Å²) < 4.78 is 5.75. The van der Waals surface area contributed by atoms with Gasteiger partial charge in [0.25, 0.3) is 0 Å². The molecule has 2 heteroatoms. The monoisotopic (exact) mass is 216 g/mol. The lowest BCUT2D eigenvalue weighted by Gasteiger charge is -1.95. The molecule has 2 rings (SSSR count). The van der Waals surface area contributed by atoms with Gasteiger partial charge in [0, 0.05) is 18.2 Å². The Hall–Kier alpha value is -1.57. The Labute approximate surface area is 95.3 Å². The summed E-state index contributed by atoms with van der Waals surface area (Å²) in [5, 5.41) is 1.17. The van der Waals surface area contributed by atoms with Crippen LogP contribution in [0.3, 0.4) is 0 Å². The maximum atomic E-state index is 11.0. The van der Waals surface area contributed by atoms with Crippen molar-refractivity contribution in [1.29, 1.82) is 0 Å². The minimum Gasteiger partial charge on any atom is -0.461 e. The van der Waals surface area contributed by atoms with Crippen LogP contribution in [0.15, 0.2) is 22.6 Å². The van der Waals surface area contributed by atoms with Gasteiger partial charge in [-0.3, -0.25) is 0 Å². The molecule has 84 valence electrons. The highest BCUT2D eigenvalue weighted by Gasteiger charge is 2.10. The lowest BCUT2D eigenvalue weighted by atomic mass is 10.1. The van der Waals surface area contributed by atoms with Crippen LogP contribution in [0.1, 0.15) is 30.2 Å². The molecule has 1 aromatic heterocycles. The molecular formula is C14H16O2. The molecule has 0 saturated carbocycles. The molecule has 1 aromatic carbocycles. The molecule has 0 spiro atoms. The van der Waals surface area contributed by atoms with Crippen LogP contribution < -0.4 is 0 Å². The first kappa shape index (κ1) is 10.9. The number of ketones is 1. The van der Waals surface area contributed by atoms with Crippen molar-refractivity contribution in [3.8, 4) is 0 Å². The second kappa shape index (κ2) is 4.12. The van der Waals surface area contributed by atoms with E-state index in [4.69, 9.17) is 4.42 Å². The number of Topliss-reactive ketones (excluding diaryl/α,β-unsaturated/α-hetero) is 1. The lowest BCUT2D eigenvalue weighted by molar-refractivity contribution is -0.117. The second-order valence-corrected chi connectivity index (χ2v) is 4.35. The summed E-state index contributed by atoms with van der Waals surface area (Å²) in [6.07, 6.45) is 1.26. The van der Waals surface area contributed by atoms with Gasteiger partial charge in [-0.05, 0) is 38.5 Å². The van der Waals surface area contributed by atoms with Gasteiger partial charge in [0.2, 0.25) is 0 Å². The molecule has 0 saturated heterocycles. The van der Waals surface area contributed by atoms with Gasteiger partial charge >= 0.3 is 0 Å². The molecule has 0 bridgehead atoms. The molecule has 2 aromatic rings. The number of aryl methyl sites for hydroxylation is 3. The molecule has 2 nitrogen and oxygen atoms in total. The highest BCUT2D eigenvalue weighted by Crippen LogP contribution is 2.26. The highest BCUT2D eigenvalue weighted by molar-refractivity contribution is 5.83. The number of carbonyl (C=O) groups excluding carboxylic acids is 1. The summed E-state index contributed by atoms with van der Waals surface area (Å²) in [6.45, 7) is 5.74. The van der Waals surface area contributed by atoms with Crippen molar-refractivity contribution in [2.45, 2.75) is 33.6 Å². The lowest BCUT2D eigenvalue weighted by Crippen LogP contribution is -1.93. The Morgan fingerprint density at radius 1 is 1.31 bits per heavy atom. The molecule has 1 heterocycles. The van der Waals surface area contributed by atoms with E-state index in [-0.39, 0.29) is 5.78 Å². The van der Waals surface area contributed by atoms with Crippen LogP contribution in [0.2, 0.25) is 0 Å². The summed E-state index contributed by atoms with van der Waals surface area (Å²) in [5.74, 6) is 1.15. The second-order valence-electron chi connectivity index (χ2n) is 4.35. The maximum absolute atomic E-state index is 11.0. The van der Waals surface area contributed by atoms with Crippen molar-refractivity contribution in [2.24, 2.45) is 0 Å². The van der Waals surface area contributed by atoms with Gasteiger partial charge in [-0.25, -0.2) is 0 Å². The topological polar surface area (TPSA) is 30.2 Å². The smallest absolute Gasteiger partial charge is 0.134 e. The third kappa shape index (κ3) is 2.01. The van der Waals surface area contributed by atoms with Crippen molar-refractivity contribution < 1.29 is 9.21 Å². The Balaban J connectivity index is 2.40. The van der Waals surface area contributed by atoms with Crippen molar-refractivity contribution in [3.05, 3.63) is 35.1 Å². The van der Waals surface area contributed by atoms with Crippen molar-refractivity contribution in [1.82, 2.24) is 0 Å². The van der Waals surface area contributed by atoms with Gasteiger partial charge in [0.05, 0.1) is 0 Å². The number of rotatable bonds is 3. The van der Waals surface area contributed by atoms with E-state index >= 15 is 0 Å². The van der Waals surface area contributed by atoms with Gasteiger partial charge in [0.15, 0.2) is 0 Å². The summed E-state index contributed by atoms with van der Waals surface area (Å²) in [5.41, 5.74) is 3.32. The molecule has 0 N–H and O–H groups in total. The van der Waals surface area contributed by atoms with Gasteiger partial charge < -0.3 is 9.21 Å². The van der Waals surface area contributed by atoms with E-state index in [1.54, 1.807) is 6.92 Å². The number of hydrogen-bond acceptors (Lipinski definition) is 2. The molecule has 16 heavy (non-hydrogen) atoms. The number of benzene rings is 1. The highest BCUT2D eigenvalue weighted by atomic mass is 16.3. The number of hydrogen-bond donors (Lipinski definition) is 0. The van der Waals surface area contributed by atoms with Gasteiger partial charge in [-0.1, -0.05) is 11.6 Å². The molecule has 0 atom stereocenters. The fourth-order valence-corrected chi connectivity index (χ4v) is 1.91. The third-order valence-corrected chi connectivity index (χ3v) is 2.89. The van der Waals surface area contributed by atoms with E-state index in [2.05, 4.69) is 19.9 Å². The zero-order valence-corrected chi connectivity index (χ0v) is 9.96. The minimum atomic E-state index is 0.205. The minimum absolute atomic E-state index is 0.205. The molecule has 0 fully saturated rings. The molecular weight excluding hydrogens is 200 g/mol. The summed E-state index contributed by atoms with van der Waals surface area (Å²) in [4.78, 5) is 11.0. The van der Waals surface area contributed by atoms with Crippen LogP contribution in [0.4, 0.5) is 0 Å². The average molecular weight is 216 g/mol. The zero-order chi connectivity index (χ0) is 11.7. The molecule has 0 amide bonds. The Kier molecular flexibility index (Phi) is 2.82. The predicted molar refractivity (Wildman–Crippen MR) is 64.7 cm³/mol. The van der Waals surface area contributed by atoms with E-state index in [0.717, 1.165) is 11.3 Å². The number of furan rings is 1. The summed E-state index contributed by atoms with van der Waals surface area (Å²) in [6, 6.07) is 6.17. The van der Waals surface area contributed by atoms with Gasteiger partial charge in [-0.15, -0.1) is 0 Å². The first-order chi connectivity index (χ1) is 7.58. The van der Waals surface area contributed by atoms with Crippen LogP contribution >= 0.6 is 0 Å². The van der Waals surface area contributed by atoms with Crippen LogP contribution in [0, 0.1) is 13.8 Å². The normalized spacial score (nSPS) is 10.9. The standard InChI is InChI=1S/C14H16O2/c1-9-4-6-14-12(8-9)11(3)13(16-14)7-5-10(2)15/h4,6,8H,5,7H2,1-3H3. The predicted octanol–water partition coefficient (Wildman–Crippen LogP) is 3.57. The quantitative estimate of drug-likeness (QED) is 0.785. The van der Waals surface area contributed by atoms with Crippen LogP contribution in [-0.4, -0.2) is 5.78 Å². The first-order valence-corrected chi connectivity index (χ1v) is 5.56. The van der Waals surface area contributed by atoms with E-state index < -0.39 is 0 Å². The Bertz CT molecular complexity index is 535. The number of fused-ring (bicyclic) bond motifs is 1. The zero-order valence-electron chi connectivity index (χ0n) is 9.96. The summed E-state index contributed by atoms with van der Waals surface area (Å²) >= 11 is 0. The van der Waals surface area contributed by atoms with Gasteiger partial charge in [-0.2, -0.15) is 0 Å². The molecule has 0 aliphatic rings. The maximum Gasteiger partial charge on any atom is 0.134 e. The van der Waals surface area contributed by atoms with Crippen molar-refractivity contribution in [2.75, 3.05) is 0 Å².